The first-order valence-corrected chi connectivity index (χ1v) is 9.81. The van der Waals surface area contributed by atoms with Gasteiger partial charge in [0.2, 0.25) is 5.69 Å². The molecule has 166 valence electrons. The Hall–Kier alpha value is -4.73. The summed E-state index contributed by atoms with van der Waals surface area (Å²) in [7, 11) is 0. The molecule has 1 N–H and O–H groups in total. The molecule has 0 saturated carbocycles. The lowest BCUT2D eigenvalue weighted by molar-refractivity contribution is 0.0465. The molecule has 0 heterocycles. The lowest BCUT2D eigenvalue weighted by Crippen LogP contribution is -2.45. The van der Waals surface area contributed by atoms with Crippen molar-refractivity contribution < 1.29 is 19.0 Å². The van der Waals surface area contributed by atoms with Crippen molar-refractivity contribution in [3.05, 3.63) is 64.5 Å². The number of carbonyl (C=O) groups excluding carboxylic acids is 1. The van der Waals surface area contributed by atoms with E-state index in [4.69, 9.17) is 20.8 Å². The molecule has 2 aromatic rings. The quantitative estimate of drug-likeness (QED) is 0.634. The number of ether oxygens (including phenoxy) is 3. The van der Waals surface area contributed by atoms with Crippen molar-refractivity contribution in [3.8, 4) is 29.7 Å². The minimum atomic E-state index is -0.750. The van der Waals surface area contributed by atoms with E-state index in [-0.39, 0.29) is 47.1 Å². The van der Waals surface area contributed by atoms with Crippen LogP contribution in [-0.2, 0) is 4.74 Å². The van der Waals surface area contributed by atoms with E-state index in [1.54, 1.807) is 39.0 Å². The number of amides is 1. The summed E-state index contributed by atoms with van der Waals surface area (Å²) < 4.78 is 16.7. The van der Waals surface area contributed by atoms with Crippen LogP contribution in [-0.4, -0.2) is 30.9 Å². The van der Waals surface area contributed by atoms with Gasteiger partial charge in [-0.1, -0.05) is 18.2 Å². The maximum absolute atomic E-state index is 12.3. The van der Waals surface area contributed by atoms with Gasteiger partial charge in [0.1, 0.15) is 59.6 Å². The van der Waals surface area contributed by atoms with E-state index in [2.05, 4.69) is 10.2 Å². The molecule has 0 spiro atoms. The van der Waals surface area contributed by atoms with E-state index in [1.165, 1.54) is 18.2 Å². The second kappa shape index (κ2) is 11.0. The van der Waals surface area contributed by atoms with Crippen molar-refractivity contribution in [2.45, 2.75) is 32.4 Å². The topological polar surface area (TPSA) is 133 Å². The fourth-order valence-corrected chi connectivity index (χ4v) is 2.69. The molecule has 0 aliphatic rings. The van der Waals surface area contributed by atoms with E-state index in [0.29, 0.717) is 0 Å². The minimum absolute atomic E-state index is 0.0773. The van der Waals surface area contributed by atoms with Gasteiger partial charge in [-0.15, -0.1) is 0 Å². The zero-order valence-electron chi connectivity index (χ0n) is 18.4. The van der Waals surface area contributed by atoms with E-state index in [9.17, 15) is 20.6 Å². The Balaban J connectivity index is 2.22. The molecule has 0 bridgehead atoms. The first-order valence-electron chi connectivity index (χ1n) is 9.81. The number of rotatable bonds is 7. The lowest BCUT2D eigenvalue weighted by atomic mass is 10.1. The molecule has 9 nitrogen and oxygen atoms in total. The van der Waals surface area contributed by atoms with Crippen LogP contribution >= 0.6 is 0 Å². The maximum Gasteiger partial charge on any atom is 0.408 e. The van der Waals surface area contributed by atoms with Crippen LogP contribution < -0.4 is 14.8 Å². The SMILES string of the molecule is [C-]#[N+]c1cccc(OCC(COc2cccc(C#N)c2C#N)NC(=O)OC(C)(C)C)c1C#N. The molecule has 1 unspecified atom stereocenters. The molecule has 2 aromatic carbocycles. The second-order valence-electron chi connectivity index (χ2n) is 7.74. The predicted molar refractivity (Wildman–Crippen MR) is 117 cm³/mol. The predicted octanol–water partition coefficient (Wildman–Crippen LogP) is 4.20. The van der Waals surface area contributed by atoms with Crippen molar-refractivity contribution in [2.24, 2.45) is 0 Å². The van der Waals surface area contributed by atoms with E-state index in [0.717, 1.165) is 0 Å². The molecule has 0 saturated heterocycles. The summed E-state index contributed by atoms with van der Waals surface area (Å²) in [5, 5.41) is 30.6. The average Bonchev–Trinajstić information content (AvgIpc) is 2.78. The Bertz CT molecular complexity index is 1110. The molecular weight excluding hydrogens is 422 g/mol. The smallest absolute Gasteiger partial charge is 0.408 e. The minimum Gasteiger partial charge on any atom is -0.491 e. The van der Waals surface area contributed by atoms with Gasteiger partial charge in [-0.05, 0) is 39.0 Å². The van der Waals surface area contributed by atoms with Gasteiger partial charge in [-0.25, -0.2) is 9.64 Å². The van der Waals surface area contributed by atoms with Crippen LogP contribution in [0.25, 0.3) is 4.85 Å². The Morgan fingerprint density at radius 2 is 1.58 bits per heavy atom. The highest BCUT2D eigenvalue weighted by atomic mass is 16.6. The van der Waals surface area contributed by atoms with Crippen LogP contribution in [0.1, 0.15) is 37.5 Å². The van der Waals surface area contributed by atoms with Gasteiger partial charge in [0.25, 0.3) is 0 Å². The highest BCUT2D eigenvalue weighted by Gasteiger charge is 2.22. The summed E-state index contributed by atoms with van der Waals surface area (Å²) in [6.07, 6.45) is -0.707. The van der Waals surface area contributed by atoms with Gasteiger partial charge in [-0.2, -0.15) is 15.8 Å². The van der Waals surface area contributed by atoms with Crippen LogP contribution in [0, 0.1) is 40.6 Å². The Labute approximate surface area is 192 Å². The number of hydrogen-bond donors (Lipinski definition) is 1. The zero-order valence-corrected chi connectivity index (χ0v) is 18.4. The number of nitrogens with one attached hydrogen (secondary N) is 1. The summed E-state index contributed by atoms with van der Waals surface area (Å²) in [6, 6.07) is 14.3. The van der Waals surface area contributed by atoms with Crippen molar-refractivity contribution in [1.82, 2.24) is 5.32 Å². The van der Waals surface area contributed by atoms with Crippen LogP contribution in [0.5, 0.6) is 11.5 Å². The molecular formula is C24H21N5O4. The lowest BCUT2D eigenvalue weighted by Gasteiger charge is -2.24. The highest BCUT2D eigenvalue weighted by Crippen LogP contribution is 2.28. The third-order valence-corrected chi connectivity index (χ3v) is 4.10. The zero-order chi connectivity index (χ0) is 24.4. The second-order valence-corrected chi connectivity index (χ2v) is 7.74. The number of alkyl carbamates (subject to hydrolysis) is 1. The molecule has 2 rings (SSSR count). The Kier molecular flexibility index (Phi) is 8.22. The molecule has 0 fully saturated rings. The van der Waals surface area contributed by atoms with Crippen molar-refractivity contribution in [1.29, 1.82) is 15.8 Å². The third kappa shape index (κ3) is 6.89. The summed E-state index contributed by atoms with van der Waals surface area (Å²) in [5.74, 6) is 0.367. The van der Waals surface area contributed by atoms with E-state index in [1.807, 2.05) is 18.2 Å². The van der Waals surface area contributed by atoms with Crippen LogP contribution in [0.2, 0.25) is 0 Å². The monoisotopic (exact) mass is 443 g/mol. The maximum atomic E-state index is 12.3. The average molecular weight is 443 g/mol. The van der Waals surface area contributed by atoms with Gasteiger partial charge in [0.15, 0.2) is 0 Å². The molecule has 9 heteroatoms. The van der Waals surface area contributed by atoms with Gasteiger partial charge < -0.3 is 19.5 Å². The van der Waals surface area contributed by atoms with Gasteiger partial charge in [0, 0.05) is 0 Å². The summed E-state index contributed by atoms with van der Waals surface area (Å²) >= 11 is 0. The van der Waals surface area contributed by atoms with E-state index >= 15 is 0 Å². The van der Waals surface area contributed by atoms with E-state index < -0.39 is 17.7 Å². The van der Waals surface area contributed by atoms with Crippen LogP contribution in [0.3, 0.4) is 0 Å². The standard InChI is InChI=1S/C24H21N5O4/c1-24(2,3)33-23(30)29-17(14-31-21-9-5-7-16(11-25)18(21)12-26)15-32-22-10-6-8-20(28-4)19(22)13-27/h5-10,17H,14-15H2,1-3H3,(H,29,30). The molecule has 33 heavy (non-hydrogen) atoms. The number of benzene rings is 2. The number of carbonyl (C=O) groups is 1. The largest absolute Gasteiger partial charge is 0.491 e. The van der Waals surface area contributed by atoms with Gasteiger partial charge >= 0.3 is 6.09 Å². The molecule has 0 aliphatic carbocycles. The van der Waals surface area contributed by atoms with Crippen molar-refractivity contribution >= 4 is 11.8 Å². The number of nitriles is 3. The molecule has 1 amide bonds. The number of hydrogen-bond acceptors (Lipinski definition) is 7. The molecule has 1 atom stereocenters. The van der Waals surface area contributed by atoms with Gasteiger partial charge in [-0.3, -0.25) is 0 Å². The number of nitrogens with zero attached hydrogens (tertiary/aromatic N) is 4. The summed E-state index contributed by atoms with van der Waals surface area (Å²) in [4.78, 5) is 15.6. The highest BCUT2D eigenvalue weighted by molar-refractivity contribution is 5.68. The molecule has 0 aliphatic heterocycles. The fraction of sp³-hybridized carbons (Fsp3) is 0.292. The van der Waals surface area contributed by atoms with Crippen molar-refractivity contribution in [3.63, 3.8) is 0 Å². The summed E-state index contributed by atoms with van der Waals surface area (Å²) in [6.45, 7) is 12.1. The normalized spacial score (nSPS) is 11.0. The first kappa shape index (κ1) is 24.5. The van der Waals surface area contributed by atoms with Crippen LogP contribution in [0.15, 0.2) is 36.4 Å². The molecule has 0 radical (unpaired) electrons. The van der Waals surface area contributed by atoms with Crippen molar-refractivity contribution in [2.75, 3.05) is 13.2 Å². The fourth-order valence-electron chi connectivity index (χ4n) is 2.69. The van der Waals surface area contributed by atoms with Crippen LogP contribution in [0.4, 0.5) is 10.5 Å². The first-order chi connectivity index (χ1) is 15.7. The Morgan fingerprint density at radius 1 is 1.00 bits per heavy atom. The Morgan fingerprint density at radius 3 is 2.09 bits per heavy atom. The molecule has 0 aromatic heterocycles. The van der Waals surface area contributed by atoms with Gasteiger partial charge in [0.05, 0.1) is 18.2 Å². The summed E-state index contributed by atoms with van der Waals surface area (Å²) in [5.41, 5.74) is -0.262. The third-order valence-electron chi connectivity index (χ3n) is 4.10.